The molecular weight excluding hydrogens is 514 g/mol. The average molecular weight is 546 g/mol. The molecule has 7 nitrogen and oxygen atoms in total. The topological polar surface area (TPSA) is 79.0 Å². The molecule has 0 saturated carbocycles. The second kappa shape index (κ2) is 12.3. The van der Waals surface area contributed by atoms with Gasteiger partial charge in [0.15, 0.2) is 0 Å². The van der Waals surface area contributed by atoms with Crippen LogP contribution in [0.2, 0.25) is 5.02 Å². The van der Waals surface area contributed by atoms with Gasteiger partial charge < -0.3 is 15.0 Å². The summed E-state index contributed by atoms with van der Waals surface area (Å²) >= 11 is 6.18. The largest absolute Gasteiger partial charge is 0.449 e. The molecule has 39 heavy (non-hydrogen) atoms. The molecule has 8 heteroatoms. The molecule has 1 N–H and O–H groups in total. The van der Waals surface area contributed by atoms with Crippen molar-refractivity contribution in [3.05, 3.63) is 94.5 Å². The van der Waals surface area contributed by atoms with Crippen LogP contribution in [0.5, 0.6) is 0 Å². The number of halogens is 1. The first-order valence-corrected chi connectivity index (χ1v) is 13.8. The third-order valence-corrected chi connectivity index (χ3v) is 7.79. The first-order chi connectivity index (χ1) is 19.0. The number of cyclic esters (lactones) is 1. The zero-order valence-corrected chi connectivity index (χ0v) is 22.5. The summed E-state index contributed by atoms with van der Waals surface area (Å²) in [5.74, 6) is 0.334. The highest BCUT2D eigenvalue weighted by molar-refractivity contribution is 6.31. The maximum absolute atomic E-state index is 13.1. The summed E-state index contributed by atoms with van der Waals surface area (Å²) in [6, 6.07) is 22.8. The summed E-state index contributed by atoms with van der Waals surface area (Å²) in [4.78, 5) is 40.9. The number of piperidine rings is 1. The lowest BCUT2D eigenvalue weighted by molar-refractivity contribution is -0.116. The van der Waals surface area contributed by atoms with Crippen molar-refractivity contribution >= 4 is 40.9 Å². The van der Waals surface area contributed by atoms with E-state index in [2.05, 4.69) is 17.4 Å². The number of hydrogen-bond acceptors (Lipinski definition) is 4. The minimum atomic E-state index is -0.341. The Morgan fingerprint density at radius 2 is 1.64 bits per heavy atom. The normalized spacial score (nSPS) is 16.1. The lowest BCUT2D eigenvalue weighted by Crippen LogP contribution is -2.38. The van der Waals surface area contributed by atoms with Crippen molar-refractivity contribution < 1.29 is 19.1 Å². The quantitative estimate of drug-likeness (QED) is 0.379. The van der Waals surface area contributed by atoms with Crippen LogP contribution < -0.4 is 10.2 Å². The number of hydrogen-bond donors (Lipinski definition) is 1. The molecule has 2 heterocycles. The first-order valence-electron chi connectivity index (χ1n) is 13.4. The Labute approximate surface area is 233 Å². The SMILES string of the molecule is O=C(CCc1ccccc1Cl)Nc1ccc(C2CCN(C(=O)c3ccc(N4CCCOC4=O)cc3)CC2)cc1. The Hall–Kier alpha value is -3.84. The number of anilines is 2. The van der Waals surface area contributed by atoms with Crippen LogP contribution in [0.15, 0.2) is 72.8 Å². The van der Waals surface area contributed by atoms with E-state index in [1.54, 1.807) is 17.0 Å². The van der Waals surface area contributed by atoms with Gasteiger partial charge in [-0.3, -0.25) is 14.5 Å². The Kier molecular flexibility index (Phi) is 8.47. The van der Waals surface area contributed by atoms with Gasteiger partial charge >= 0.3 is 6.09 Å². The number of carbonyl (C=O) groups is 3. The van der Waals surface area contributed by atoms with E-state index in [1.165, 1.54) is 5.56 Å². The van der Waals surface area contributed by atoms with Gasteiger partial charge in [-0.1, -0.05) is 41.9 Å². The number of aryl methyl sites for hydroxylation is 1. The number of ether oxygens (including phenoxy) is 1. The molecule has 0 aliphatic carbocycles. The van der Waals surface area contributed by atoms with Crippen molar-refractivity contribution in [1.82, 2.24) is 4.90 Å². The molecule has 2 fully saturated rings. The highest BCUT2D eigenvalue weighted by Crippen LogP contribution is 2.30. The van der Waals surface area contributed by atoms with Gasteiger partial charge in [-0.2, -0.15) is 0 Å². The van der Waals surface area contributed by atoms with Crippen LogP contribution in [-0.2, 0) is 16.0 Å². The highest BCUT2D eigenvalue weighted by atomic mass is 35.5. The number of likely N-dealkylation sites (tertiary alicyclic amines) is 1. The molecule has 0 bridgehead atoms. The molecule has 3 aromatic carbocycles. The summed E-state index contributed by atoms with van der Waals surface area (Å²) in [5.41, 5.74) is 4.33. The molecule has 0 radical (unpaired) electrons. The van der Waals surface area contributed by atoms with E-state index in [0.717, 1.165) is 36.2 Å². The number of benzene rings is 3. The predicted octanol–water partition coefficient (Wildman–Crippen LogP) is 6.28. The van der Waals surface area contributed by atoms with Gasteiger partial charge in [-0.15, -0.1) is 0 Å². The van der Waals surface area contributed by atoms with E-state index in [4.69, 9.17) is 16.3 Å². The van der Waals surface area contributed by atoms with Gasteiger partial charge in [0.2, 0.25) is 5.91 Å². The maximum atomic E-state index is 13.1. The van der Waals surface area contributed by atoms with Gasteiger partial charge in [0, 0.05) is 48.0 Å². The number of rotatable bonds is 7. The molecule has 202 valence electrons. The first kappa shape index (κ1) is 26.8. The van der Waals surface area contributed by atoms with E-state index in [-0.39, 0.29) is 17.9 Å². The number of nitrogens with zero attached hydrogens (tertiary/aromatic N) is 2. The third kappa shape index (κ3) is 6.60. The molecular formula is C31H32ClN3O4. The van der Waals surface area contributed by atoms with Crippen LogP contribution in [0.25, 0.3) is 0 Å². The van der Waals surface area contributed by atoms with Gasteiger partial charge in [0.05, 0.1) is 6.61 Å². The van der Waals surface area contributed by atoms with Crippen molar-refractivity contribution in [1.29, 1.82) is 0 Å². The van der Waals surface area contributed by atoms with Crippen molar-refractivity contribution in [2.24, 2.45) is 0 Å². The summed E-state index contributed by atoms with van der Waals surface area (Å²) in [6.45, 7) is 2.44. The molecule has 2 aliphatic rings. The lowest BCUT2D eigenvalue weighted by atomic mass is 9.89. The Balaban J connectivity index is 1.09. The molecule has 3 aromatic rings. The minimum absolute atomic E-state index is 0.0103. The van der Waals surface area contributed by atoms with Crippen molar-refractivity contribution in [3.63, 3.8) is 0 Å². The number of nitrogens with one attached hydrogen (secondary N) is 1. The predicted molar refractivity (Wildman–Crippen MR) is 152 cm³/mol. The van der Waals surface area contributed by atoms with E-state index in [0.29, 0.717) is 55.6 Å². The van der Waals surface area contributed by atoms with Crippen LogP contribution in [-0.4, -0.2) is 49.0 Å². The fraction of sp³-hybridized carbons (Fsp3) is 0.323. The Morgan fingerprint density at radius 1 is 0.923 bits per heavy atom. The fourth-order valence-electron chi connectivity index (χ4n) is 5.18. The molecule has 0 aromatic heterocycles. The minimum Gasteiger partial charge on any atom is -0.449 e. The summed E-state index contributed by atoms with van der Waals surface area (Å²) < 4.78 is 5.11. The third-order valence-electron chi connectivity index (χ3n) is 7.43. The molecule has 2 aliphatic heterocycles. The average Bonchev–Trinajstić information content (AvgIpc) is 2.97. The Bertz CT molecular complexity index is 1320. The lowest BCUT2D eigenvalue weighted by Gasteiger charge is -2.32. The standard InChI is InChI=1S/C31H32ClN3O4/c32-28-5-2-1-4-24(28)10-15-29(36)33-26-11-6-22(7-12-26)23-16-19-34(20-17-23)30(37)25-8-13-27(14-9-25)35-18-3-21-39-31(35)38/h1-2,4-9,11-14,23H,3,10,15-21H2,(H,33,36). The zero-order valence-electron chi connectivity index (χ0n) is 21.8. The van der Waals surface area contributed by atoms with E-state index < -0.39 is 0 Å². The summed E-state index contributed by atoms with van der Waals surface area (Å²) in [7, 11) is 0. The van der Waals surface area contributed by atoms with E-state index >= 15 is 0 Å². The summed E-state index contributed by atoms with van der Waals surface area (Å²) in [5, 5.41) is 3.65. The monoisotopic (exact) mass is 545 g/mol. The maximum Gasteiger partial charge on any atom is 0.414 e. The van der Waals surface area contributed by atoms with Gasteiger partial charge in [0.1, 0.15) is 0 Å². The molecule has 3 amide bonds. The van der Waals surface area contributed by atoms with Crippen molar-refractivity contribution in [3.8, 4) is 0 Å². The van der Waals surface area contributed by atoms with Gasteiger partial charge in [0.25, 0.3) is 5.91 Å². The van der Waals surface area contributed by atoms with Gasteiger partial charge in [-0.05, 0) is 85.2 Å². The highest BCUT2D eigenvalue weighted by Gasteiger charge is 2.26. The van der Waals surface area contributed by atoms with Crippen LogP contribution in [0.1, 0.15) is 53.1 Å². The van der Waals surface area contributed by atoms with Crippen molar-refractivity contribution in [2.75, 3.05) is 36.5 Å². The molecule has 0 unspecified atom stereocenters. The molecule has 0 spiro atoms. The smallest absolute Gasteiger partial charge is 0.414 e. The van der Waals surface area contributed by atoms with Crippen LogP contribution in [0.4, 0.5) is 16.2 Å². The van der Waals surface area contributed by atoms with Crippen molar-refractivity contribution in [2.45, 2.75) is 38.0 Å². The molecule has 5 rings (SSSR count). The molecule has 0 atom stereocenters. The van der Waals surface area contributed by atoms with E-state index in [9.17, 15) is 14.4 Å². The second-order valence-corrected chi connectivity index (χ2v) is 10.4. The number of carbonyl (C=O) groups excluding carboxylic acids is 3. The van der Waals surface area contributed by atoms with Gasteiger partial charge in [-0.25, -0.2) is 4.79 Å². The Morgan fingerprint density at radius 3 is 2.33 bits per heavy atom. The number of amides is 3. The zero-order chi connectivity index (χ0) is 27.2. The van der Waals surface area contributed by atoms with Crippen LogP contribution in [0.3, 0.4) is 0 Å². The summed E-state index contributed by atoms with van der Waals surface area (Å²) in [6.07, 6.45) is 3.18. The van der Waals surface area contributed by atoms with E-state index in [1.807, 2.05) is 53.4 Å². The molecule has 2 saturated heterocycles. The van der Waals surface area contributed by atoms with Crippen LogP contribution in [0, 0.1) is 0 Å². The fourth-order valence-corrected chi connectivity index (χ4v) is 5.41. The second-order valence-electron chi connectivity index (χ2n) is 9.99. The van der Waals surface area contributed by atoms with Crippen LogP contribution >= 0.6 is 11.6 Å².